The van der Waals surface area contributed by atoms with Crippen molar-refractivity contribution in [3.8, 4) is 11.5 Å². The van der Waals surface area contributed by atoms with Crippen molar-refractivity contribution in [3.63, 3.8) is 0 Å². The van der Waals surface area contributed by atoms with Gasteiger partial charge in [0, 0.05) is 33.2 Å². The summed E-state index contributed by atoms with van der Waals surface area (Å²) in [6.45, 7) is 6.82. The smallest absolute Gasteiger partial charge is 0.211 e. The second-order valence-electron chi connectivity index (χ2n) is 6.56. The average molecular weight is 557 g/mol. The molecule has 0 unspecified atom stereocenters. The first-order valence-electron chi connectivity index (χ1n) is 10.0. The lowest BCUT2D eigenvalue weighted by atomic mass is 10.1. The number of guanidine groups is 1. The standard InChI is InChI=1S/C20H36N4O4S.HI/c1-6-24(29(5,25)26)15-9-14-23-20(21-3)22-13-8-10-17-11-12-18(27-4)19(16-17)28-7-2;/h11-12,16H,6-10,13-15H2,1-5H3,(H2,21,22,23);1H. The van der Waals surface area contributed by atoms with Gasteiger partial charge in [-0.15, -0.1) is 24.0 Å². The van der Waals surface area contributed by atoms with E-state index in [0.29, 0.717) is 32.7 Å². The summed E-state index contributed by atoms with van der Waals surface area (Å²) in [5, 5.41) is 6.51. The lowest BCUT2D eigenvalue weighted by Gasteiger charge is -2.18. The minimum absolute atomic E-state index is 0. The summed E-state index contributed by atoms with van der Waals surface area (Å²) in [6.07, 6.45) is 3.81. The largest absolute Gasteiger partial charge is 0.493 e. The van der Waals surface area contributed by atoms with Gasteiger partial charge in [-0.05, 0) is 43.9 Å². The van der Waals surface area contributed by atoms with Crippen LogP contribution in [0.25, 0.3) is 0 Å². The SMILES string of the molecule is CCOc1cc(CCCNC(=NC)NCCCN(CC)S(C)(=O)=O)ccc1OC.I. The quantitative estimate of drug-likeness (QED) is 0.168. The zero-order chi connectivity index (χ0) is 21.7. The van der Waals surface area contributed by atoms with Crippen LogP contribution in [-0.4, -0.2) is 71.9 Å². The summed E-state index contributed by atoms with van der Waals surface area (Å²) in [6, 6.07) is 6.01. The Labute approximate surface area is 198 Å². The average Bonchev–Trinajstić information content (AvgIpc) is 2.69. The van der Waals surface area contributed by atoms with Gasteiger partial charge in [-0.2, -0.15) is 0 Å². The molecule has 1 aromatic carbocycles. The maximum atomic E-state index is 11.6. The Kier molecular flexibility index (Phi) is 14.9. The Hall–Kier alpha value is -1.27. The molecule has 0 aliphatic carbocycles. The summed E-state index contributed by atoms with van der Waals surface area (Å²) < 4.78 is 35.6. The van der Waals surface area contributed by atoms with Crippen LogP contribution >= 0.6 is 24.0 Å². The van der Waals surface area contributed by atoms with Crippen LogP contribution in [0.15, 0.2) is 23.2 Å². The highest BCUT2D eigenvalue weighted by Crippen LogP contribution is 2.28. The lowest BCUT2D eigenvalue weighted by molar-refractivity contribution is 0.310. The van der Waals surface area contributed by atoms with E-state index in [2.05, 4.69) is 21.7 Å². The second-order valence-corrected chi connectivity index (χ2v) is 8.54. The molecule has 0 radical (unpaired) electrons. The molecule has 0 heterocycles. The van der Waals surface area contributed by atoms with Crippen LogP contribution in [0.2, 0.25) is 0 Å². The van der Waals surface area contributed by atoms with E-state index in [0.717, 1.165) is 36.8 Å². The van der Waals surface area contributed by atoms with Gasteiger partial charge in [-0.1, -0.05) is 13.0 Å². The number of hydrogen-bond acceptors (Lipinski definition) is 5. The Bertz CT molecular complexity index is 744. The number of rotatable bonds is 13. The van der Waals surface area contributed by atoms with Crippen molar-refractivity contribution in [1.29, 1.82) is 0 Å². The highest BCUT2D eigenvalue weighted by molar-refractivity contribution is 14.0. The molecule has 1 rings (SSSR count). The van der Waals surface area contributed by atoms with Crippen LogP contribution in [-0.2, 0) is 16.4 Å². The summed E-state index contributed by atoms with van der Waals surface area (Å²) >= 11 is 0. The van der Waals surface area contributed by atoms with Crippen LogP contribution in [0.1, 0.15) is 32.3 Å². The van der Waals surface area contributed by atoms with Gasteiger partial charge >= 0.3 is 0 Å². The molecule has 1 aromatic rings. The molecule has 30 heavy (non-hydrogen) atoms. The fourth-order valence-corrected chi connectivity index (χ4v) is 3.82. The van der Waals surface area contributed by atoms with Crippen LogP contribution in [0, 0.1) is 0 Å². The molecule has 0 atom stereocenters. The molecule has 0 fully saturated rings. The Morgan fingerprint density at radius 3 is 2.33 bits per heavy atom. The number of sulfonamides is 1. The van der Waals surface area contributed by atoms with Gasteiger partial charge in [0.15, 0.2) is 17.5 Å². The molecular formula is C20H37IN4O4S. The highest BCUT2D eigenvalue weighted by atomic mass is 127. The third-order valence-electron chi connectivity index (χ3n) is 4.38. The minimum Gasteiger partial charge on any atom is -0.493 e. The van der Waals surface area contributed by atoms with Crippen molar-refractivity contribution < 1.29 is 17.9 Å². The lowest BCUT2D eigenvalue weighted by Crippen LogP contribution is -2.39. The molecule has 0 bridgehead atoms. The number of hydrogen-bond donors (Lipinski definition) is 2. The summed E-state index contributed by atoms with van der Waals surface area (Å²) in [4.78, 5) is 4.21. The molecule has 0 aromatic heterocycles. The van der Waals surface area contributed by atoms with E-state index in [1.165, 1.54) is 16.1 Å². The van der Waals surface area contributed by atoms with E-state index in [1.54, 1.807) is 14.2 Å². The third kappa shape index (κ3) is 10.7. The van der Waals surface area contributed by atoms with Crippen LogP contribution in [0.4, 0.5) is 0 Å². The highest BCUT2D eigenvalue weighted by Gasteiger charge is 2.13. The molecule has 0 saturated carbocycles. The number of nitrogens with zero attached hydrogens (tertiary/aromatic N) is 2. The first kappa shape index (κ1) is 28.7. The molecule has 8 nitrogen and oxygen atoms in total. The van der Waals surface area contributed by atoms with Gasteiger partial charge in [-0.25, -0.2) is 12.7 Å². The molecule has 0 spiro atoms. The van der Waals surface area contributed by atoms with Gasteiger partial charge in [0.1, 0.15) is 0 Å². The van der Waals surface area contributed by atoms with E-state index in [4.69, 9.17) is 9.47 Å². The number of halogens is 1. The maximum Gasteiger partial charge on any atom is 0.211 e. The van der Waals surface area contributed by atoms with Gasteiger partial charge in [0.05, 0.1) is 20.0 Å². The predicted octanol–water partition coefficient (Wildman–Crippen LogP) is 2.48. The molecule has 0 saturated heterocycles. The van der Waals surface area contributed by atoms with E-state index >= 15 is 0 Å². The topological polar surface area (TPSA) is 92.3 Å². The van der Waals surface area contributed by atoms with Crippen LogP contribution in [0.3, 0.4) is 0 Å². The first-order valence-corrected chi connectivity index (χ1v) is 11.9. The zero-order valence-corrected chi connectivity index (χ0v) is 21.9. The van der Waals surface area contributed by atoms with Crippen LogP contribution in [0.5, 0.6) is 11.5 Å². The van der Waals surface area contributed by atoms with E-state index in [9.17, 15) is 8.42 Å². The van der Waals surface area contributed by atoms with Gasteiger partial charge in [0.2, 0.25) is 10.0 Å². The molecule has 0 amide bonds. The monoisotopic (exact) mass is 556 g/mol. The van der Waals surface area contributed by atoms with Crippen LogP contribution < -0.4 is 20.1 Å². The normalized spacial score (nSPS) is 11.7. The van der Waals surface area contributed by atoms with Gasteiger partial charge in [-0.3, -0.25) is 4.99 Å². The number of aliphatic imine (C=N–C) groups is 1. The Morgan fingerprint density at radius 1 is 1.13 bits per heavy atom. The van der Waals surface area contributed by atoms with Crippen molar-refractivity contribution in [2.45, 2.75) is 33.1 Å². The number of ether oxygens (including phenoxy) is 2. The maximum absolute atomic E-state index is 11.6. The fourth-order valence-electron chi connectivity index (χ4n) is 2.89. The third-order valence-corrected chi connectivity index (χ3v) is 5.76. The molecule has 174 valence electrons. The fraction of sp³-hybridized carbons (Fsp3) is 0.650. The molecule has 10 heteroatoms. The zero-order valence-electron chi connectivity index (χ0n) is 18.7. The van der Waals surface area contributed by atoms with Crippen molar-refractivity contribution in [2.75, 3.05) is 53.2 Å². The van der Waals surface area contributed by atoms with Crippen molar-refractivity contribution >= 4 is 40.0 Å². The Balaban J connectivity index is 0.00000841. The predicted molar refractivity (Wildman–Crippen MR) is 134 cm³/mol. The number of methoxy groups -OCH3 is 1. The number of aryl methyl sites for hydroxylation is 1. The molecule has 2 N–H and O–H groups in total. The molecule has 0 aliphatic heterocycles. The molecular weight excluding hydrogens is 519 g/mol. The van der Waals surface area contributed by atoms with Gasteiger partial charge in [0.25, 0.3) is 0 Å². The number of benzene rings is 1. The second kappa shape index (κ2) is 15.5. The van der Waals surface area contributed by atoms with Crippen molar-refractivity contribution in [3.05, 3.63) is 23.8 Å². The summed E-state index contributed by atoms with van der Waals surface area (Å²) in [5.41, 5.74) is 1.19. The summed E-state index contributed by atoms with van der Waals surface area (Å²) in [7, 11) is 0.230. The van der Waals surface area contributed by atoms with Gasteiger partial charge < -0.3 is 20.1 Å². The summed E-state index contributed by atoms with van der Waals surface area (Å²) in [5.74, 6) is 2.24. The van der Waals surface area contributed by atoms with E-state index in [-0.39, 0.29) is 24.0 Å². The van der Waals surface area contributed by atoms with E-state index in [1.807, 2.05) is 26.0 Å². The van der Waals surface area contributed by atoms with Crippen molar-refractivity contribution in [2.24, 2.45) is 4.99 Å². The Morgan fingerprint density at radius 2 is 1.80 bits per heavy atom. The molecule has 0 aliphatic rings. The van der Waals surface area contributed by atoms with E-state index < -0.39 is 10.0 Å². The number of nitrogens with one attached hydrogen (secondary N) is 2. The van der Waals surface area contributed by atoms with Crippen molar-refractivity contribution in [1.82, 2.24) is 14.9 Å². The first-order chi connectivity index (χ1) is 13.8. The minimum atomic E-state index is -3.13.